The van der Waals surface area contributed by atoms with Crippen molar-refractivity contribution < 1.29 is 13.9 Å². The maximum atomic E-state index is 13.8. The molecule has 31 heavy (non-hydrogen) atoms. The first-order valence-electron chi connectivity index (χ1n) is 9.56. The van der Waals surface area contributed by atoms with Crippen molar-refractivity contribution in [3.63, 3.8) is 0 Å². The highest BCUT2D eigenvalue weighted by molar-refractivity contribution is 7.19. The number of aryl methyl sites for hydroxylation is 1. The van der Waals surface area contributed by atoms with E-state index in [4.69, 9.17) is 16.3 Å². The second-order valence-electron chi connectivity index (χ2n) is 7.08. The van der Waals surface area contributed by atoms with Gasteiger partial charge in [0.2, 0.25) is 0 Å². The number of aromatic nitrogens is 1. The minimum absolute atomic E-state index is 0.130. The number of carbonyl (C=O) groups excluding carboxylic acids is 1. The van der Waals surface area contributed by atoms with E-state index >= 15 is 0 Å². The van der Waals surface area contributed by atoms with Gasteiger partial charge in [-0.15, -0.1) is 11.3 Å². The number of thiophene rings is 1. The van der Waals surface area contributed by atoms with Crippen molar-refractivity contribution in [1.29, 1.82) is 0 Å². The number of carbonyl (C=O) groups is 1. The van der Waals surface area contributed by atoms with Gasteiger partial charge in [0.05, 0.1) is 11.4 Å². The molecule has 2 aromatic heterocycles. The molecular formula is C24H20ClFN2O2S. The monoisotopic (exact) mass is 454 g/mol. The molecule has 0 saturated heterocycles. The molecule has 0 amide bonds. The fourth-order valence-electron chi connectivity index (χ4n) is 3.43. The molecule has 1 unspecified atom stereocenters. The quantitative estimate of drug-likeness (QED) is 0.320. The third-order valence-electron chi connectivity index (χ3n) is 4.91. The SMILES string of the molecule is COc1cccc(NC(C(=O)c2cn(C)cc2-c2ccc(Cl)s2)c2ccc(F)cc2)c1. The largest absolute Gasteiger partial charge is 0.497 e. The fraction of sp³-hybridized carbons (Fsp3) is 0.125. The predicted octanol–water partition coefficient (Wildman–Crippen LogP) is 6.59. The maximum absolute atomic E-state index is 13.8. The molecule has 0 radical (unpaired) electrons. The number of hydrogen-bond donors (Lipinski definition) is 1. The van der Waals surface area contributed by atoms with Gasteiger partial charge in [0, 0.05) is 47.2 Å². The Balaban J connectivity index is 1.76. The molecule has 0 bridgehead atoms. The van der Waals surface area contributed by atoms with Crippen LogP contribution in [0.25, 0.3) is 10.4 Å². The van der Waals surface area contributed by atoms with Gasteiger partial charge in [-0.3, -0.25) is 4.79 Å². The Morgan fingerprint density at radius 1 is 1.13 bits per heavy atom. The fourth-order valence-corrected chi connectivity index (χ4v) is 4.49. The van der Waals surface area contributed by atoms with Crippen LogP contribution in [0.2, 0.25) is 4.34 Å². The second-order valence-corrected chi connectivity index (χ2v) is 8.79. The number of ketones is 1. The molecule has 2 heterocycles. The van der Waals surface area contributed by atoms with Crippen LogP contribution in [0.3, 0.4) is 0 Å². The number of rotatable bonds is 7. The van der Waals surface area contributed by atoms with Crippen molar-refractivity contribution in [1.82, 2.24) is 4.57 Å². The van der Waals surface area contributed by atoms with Gasteiger partial charge >= 0.3 is 0 Å². The molecule has 0 aliphatic heterocycles. The van der Waals surface area contributed by atoms with Crippen molar-refractivity contribution in [3.05, 3.63) is 94.3 Å². The minimum atomic E-state index is -0.718. The highest BCUT2D eigenvalue weighted by Crippen LogP contribution is 2.36. The van der Waals surface area contributed by atoms with E-state index in [1.54, 1.807) is 25.4 Å². The Morgan fingerprint density at radius 2 is 1.90 bits per heavy atom. The molecule has 1 N–H and O–H groups in total. The van der Waals surface area contributed by atoms with Crippen molar-refractivity contribution >= 4 is 34.4 Å². The van der Waals surface area contributed by atoms with E-state index < -0.39 is 6.04 Å². The third kappa shape index (κ3) is 4.65. The normalized spacial score (nSPS) is 11.9. The summed E-state index contributed by atoms with van der Waals surface area (Å²) >= 11 is 7.54. The molecular weight excluding hydrogens is 435 g/mol. The Bertz CT molecular complexity index is 1220. The lowest BCUT2D eigenvalue weighted by atomic mass is 9.96. The first-order chi connectivity index (χ1) is 14.9. The van der Waals surface area contributed by atoms with Gasteiger partial charge in [-0.2, -0.15) is 0 Å². The van der Waals surface area contributed by atoms with Crippen LogP contribution < -0.4 is 10.1 Å². The summed E-state index contributed by atoms with van der Waals surface area (Å²) in [7, 11) is 3.46. The molecule has 4 rings (SSSR count). The van der Waals surface area contributed by atoms with Gasteiger partial charge in [-0.05, 0) is 42.0 Å². The number of hydrogen-bond acceptors (Lipinski definition) is 4. The number of ether oxygens (including phenoxy) is 1. The van der Waals surface area contributed by atoms with Crippen LogP contribution in [-0.4, -0.2) is 17.5 Å². The lowest BCUT2D eigenvalue weighted by molar-refractivity contribution is 0.0970. The van der Waals surface area contributed by atoms with Gasteiger partial charge in [0.15, 0.2) is 5.78 Å². The van der Waals surface area contributed by atoms with Crippen LogP contribution in [0.15, 0.2) is 73.1 Å². The second kappa shape index (κ2) is 8.96. The molecule has 0 aliphatic carbocycles. The number of nitrogens with zero attached hydrogens (tertiary/aromatic N) is 1. The Hall–Kier alpha value is -3.09. The summed E-state index contributed by atoms with van der Waals surface area (Å²) in [4.78, 5) is 14.7. The summed E-state index contributed by atoms with van der Waals surface area (Å²) in [5.74, 6) is 0.184. The zero-order chi connectivity index (χ0) is 22.0. The minimum Gasteiger partial charge on any atom is -0.497 e. The Kier molecular flexibility index (Phi) is 6.11. The van der Waals surface area contributed by atoms with Crippen molar-refractivity contribution in [3.8, 4) is 16.2 Å². The first kappa shape index (κ1) is 21.2. The average molecular weight is 455 g/mol. The molecule has 158 valence electrons. The van der Waals surface area contributed by atoms with E-state index in [2.05, 4.69) is 5.32 Å². The van der Waals surface area contributed by atoms with E-state index in [-0.39, 0.29) is 11.6 Å². The van der Waals surface area contributed by atoms with Crippen LogP contribution in [0.5, 0.6) is 5.75 Å². The summed E-state index contributed by atoms with van der Waals surface area (Å²) in [5.41, 5.74) is 2.75. The number of nitrogens with one attached hydrogen (secondary N) is 1. The van der Waals surface area contributed by atoms with Gasteiger partial charge in [0.1, 0.15) is 17.6 Å². The zero-order valence-corrected chi connectivity index (χ0v) is 18.5. The molecule has 0 fully saturated rings. The number of benzene rings is 2. The Morgan fingerprint density at radius 3 is 2.58 bits per heavy atom. The van der Waals surface area contributed by atoms with Gasteiger partial charge in [-0.25, -0.2) is 4.39 Å². The highest BCUT2D eigenvalue weighted by atomic mass is 35.5. The van der Waals surface area contributed by atoms with Crippen molar-refractivity contribution in [2.24, 2.45) is 7.05 Å². The molecule has 4 nitrogen and oxygen atoms in total. The lowest BCUT2D eigenvalue weighted by Gasteiger charge is -2.20. The van der Waals surface area contributed by atoms with Crippen molar-refractivity contribution in [2.75, 3.05) is 12.4 Å². The molecule has 7 heteroatoms. The number of anilines is 1. The predicted molar refractivity (Wildman–Crippen MR) is 124 cm³/mol. The van der Waals surface area contributed by atoms with E-state index in [0.29, 0.717) is 21.2 Å². The van der Waals surface area contributed by atoms with Crippen LogP contribution >= 0.6 is 22.9 Å². The van der Waals surface area contributed by atoms with Crippen LogP contribution in [0.4, 0.5) is 10.1 Å². The molecule has 0 saturated carbocycles. The average Bonchev–Trinajstić information content (AvgIpc) is 3.38. The smallest absolute Gasteiger partial charge is 0.191 e. The van der Waals surface area contributed by atoms with Crippen molar-refractivity contribution in [2.45, 2.75) is 6.04 Å². The Labute approximate surface area is 188 Å². The van der Waals surface area contributed by atoms with Crippen LogP contribution in [0, 0.1) is 5.82 Å². The standard InChI is InChI=1S/C24H20ClFN2O2S/c1-28-13-19(21-10-11-22(25)31-21)20(14-28)24(29)23(15-6-8-16(26)9-7-15)27-17-4-3-5-18(12-17)30-2/h3-14,23,27H,1-2H3. The first-order valence-corrected chi connectivity index (χ1v) is 10.8. The molecule has 4 aromatic rings. The topological polar surface area (TPSA) is 43.3 Å². The van der Waals surface area contributed by atoms with E-state index in [9.17, 15) is 9.18 Å². The van der Waals surface area contributed by atoms with Gasteiger partial charge in [-0.1, -0.05) is 29.8 Å². The summed E-state index contributed by atoms with van der Waals surface area (Å²) in [6.07, 6.45) is 3.71. The summed E-state index contributed by atoms with van der Waals surface area (Å²) in [6, 6.07) is 16.3. The molecule has 2 aromatic carbocycles. The number of methoxy groups -OCH3 is 1. The summed E-state index contributed by atoms with van der Waals surface area (Å²) in [5, 5.41) is 3.30. The number of halogens is 2. The molecule has 0 aliphatic rings. The molecule has 0 spiro atoms. The number of Topliss-reactive ketones (excluding diaryl/α,β-unsaturated/α-hetero) is 1. The van der Waals surface area contributed by atoms with Crippen LogP contribution in [-0.2, 0) is 7.05 Å². The molecule has 1 atom stereocenters. The summed E-state index contributed by atoms with van der Waals surface area (Å²) < 4.78 is 21.4. The van der Waals surface area contributed by atoms with E-state index in [0.717, 1.165) is 16.1 Å². The van der Waals surface area contributed by atoms with Crippen LogP contribution in [0.1, 0.15) is 22.0 Å². The third-order valence-corrected chi connectivity index (χ3v) is 6.17. The van der Waals surface area contributed by atoms with Gasteiger partial charge < -0.3 is 14.6 Å². The lowest BCUT2D eigenvalue weighted by Crippen LogP contribution is -2.21. The van der Waals surface area contributed by atoms with E-state index in [1.807, 2.05) is 54.2 Å². The zero-order valence-electron chi connectivity index (χ0n) is 16.9. The summed E-state index contributed by atoms with van der Waals surface area (Å²) in [6.45, 7) is 0. The highest BCUT2D eigenvalue weighted by Gasteiger charge is 2.26. The maximum Gasteiger partial charge on any atom is 0.191 e. The van der Waals surface area contributed by atoms with Gasteiger partial charge in [0.25, 0.3) is 0 Å². The van der Waals surface area contributed by atoms with E-state index in [1.165, 1.54) is 23.5 Å².